The number of thioether (sulfide) groups is 1. The number of ether oxygens (including phenoxy) is 1. The topological polar surface area (TPSA) is 86.3 Å². The highest BCUT2D eigenvalue weighted by atomic mass is 32.2. The van der Waals surface area contributed by atoms with Crippen LogP contribution in [-0.2, 0) is 11.3 Å². The fraction of sp³-hybridized carbons (Fsp3) is 0.333. The molecule has 1 saturated heterocycles. The summed E-state index contributed by atoms with van der Waals surface area (Å²) in [7, 11) is 0. The van der Waals surface area contributed by atoms with Crippen LogP contribution in [0.5, 0.6) is 5.75 Å². The van der Waals surface area contributed by atoms with Crippen molar-refractivity contribution in [1.82, 2.24) is 14.5 Å². The maximum absolute atomic E-state index is 12.7. The molecule has 0 saturated carbocycles. The van der Waals surface area contributed by atoms with E-state index in [1.54, 1.807) is 6.08 Å². The smallest absolute Gasteiger partial charge is 0.283 e. The molecule has 0 aliphatic carbocycles. The van der Waals surface area contributed by atoms with Gasteiger partial charge in [0.1, 0.15) is 5.75 Å². The number of carbonyl (C=O) groups is 1. The zero-order chi connectivity index (χ0) is 22.8. The minimum absolute atomic E-state index is 0.0716. The molecule has 0 atom stereocenters. The predicted molar refractivity (Wildman–Crippen MR) is 132 cm³/mol. The third kappa shape index (κ3) is 4.45. The fourth-order valence-corrected chi connectivity index (χ4v) is 5.01. The molecule has 33 heavy (non-hydrogen) atoms. The van der Waals surface area contributed by atoms with E-state index in [0.29, 0.717) is 11.8 Å². The van der Waals surface area contributed by atoms with Gasteiger partial charge in [-0.25, -0.2) is 0 Å². The third-order valence-electron chi connectivity index (χ3n) is 5.87. The number of amides is 1. The number of amidine groups is 3. The first-order valence-corrected chi connectivity index (χ1v) is 12.0. The van der Waals surface area contributed by atoms with Crippen LogP contribution in [0, 0.1) is 12.3 Å². The summed E-state index contributed by atoms with van der Waals surface area (Å²) in [5, 5.41) is 15.9. The number of hydrogen-bond donors (Lipinski definition) is 1. The quantitative estimate of drug-likeness (QED) is 0.519. The molecule has 2 aromatic rings. The first kappa shape index (κ1) is 21.5. The first-order valence-electron chi connectivity index (χ1n) is 11.2. The van der Waals surface area contributed by atoms with Crippen LogP contribution >= 0.6 is 11.8 Å². The Morgan fingerprint density at radius 2 is 1.97 bits per heavy atom. The van der Waals surface area contributed by atoms with Gasteiger partial charge >= 0.3 is 0 Å². The van der Waals surface area contributed by atoms with Gasteiger partial charge in [0.05, 0.1) is 12.2 Å². The van der Waals surface area contributed by atoms with E-state index in [4.69, 9.17) is 10.1 Å². The van der Waals surface area contributed by atoms with E-state index in [0.717, 1.165) is 61.1 Å². The summed E-state index contributed by atoms with van der Waals surface area (Å²) in [5.74, 6) is 0.578. The monoisotopic (exact) mass is 462 g/mol. The van der Waals surface area contributed by atoms with Crippen molar-refractivity contribution in [2.24, 2.45) is 10.1 Å². The van der Waals surface area contributed by atoms with E-state index in [1.807, 2.05) is 49.5 Å². The van der Waals surface area contributed by atoms with E-state index in [-0.39, 0.29) is 11.4 Å². The molecule has 1 amide bonds. The van der Waals surface area contributed by atoms with Gasteiger partial charge in [-0.15, -0.1) is 5.10 Å². The summed E-state index contributed by atoms with van der Waals surface area (Å²) < 4.78 is 7.96. The van der Waals surface area contributed by atoms with Crippen LogP contribution in [0.2, 0.25) is 0 Å². The summed E-state index contributed by atoms with van der Waals surface area (Å²) in [6.45, 7) is 5.29. The van der Waals surface area contributed by atoms with Gasteiger partial charge in [-0.1, -0.05) is 18.2 Å². The lowest BCUT2D eigenvalue weighted by atomic mass is 10.1. The lowest BCUT2D eigenvalue weighted by molar-refractivity contribution is -0.114. The average Bonchev–Trinajstić information content (AvgIpc) is 3.56. The second-order valence-corrected chi connectivity index (χ2v) is 9.13. The van der Waals surface area contributed by atoms with Crippen molar-refractivity contribution in [3.8, 4) is 5.75 Å². The molecule has 1 aromatic carbocycles. The molecule has 8 nitrogen and oxygen atoms in total. The SMILES string of the molecule is Cc1ccccc1OCCCn1cccc1/C=C1/C(=N)N2N=C(N3CCCC3)SC2=NC1=O. The molecule has 9 heteroatoms. The minimum Gasteiger partial charge on any atom is -0.493 e. The Hall–Kier alpha value is -3.33. The van der Waals surface area contributed by atoms with Crippen LogP contribution in [0.3, 0.4) is 0 Å². The molecule has 3 aliphatic rings. The molecule has 1 aromatic heterocycles. The van der Waals surface area contributed by atoms with Gasteiger partial charge in [-0.2, -0.15) is 10.0 Å². The fourth-order valence-electron chi connectivity index (χ4n) is 4.06. The lowest BCUT2D eigenvalue weighted by Crippen LogP contribution is -2.35. The van der Waals surface area contributed by atoms with Crippen molar-refractivity contribution in [2.75, 3.05) is 19.7 Å². The first-order chi connectivity index (χ1) is 16.1. The molecule has 0 unspecified atom stereocenters. The van der Waals surface area contributed by atoms with Crippen molar-refractivity contribution >= 4 is 39.9 Å². The number of hydrazone groups is 1. The van der Waals surface area contributed by atoms with Crippen LogP contribution in [0.4, 0.5) is 0 Å². The van der Waals surface area contributed by atoms with Gasteiger partial charge in [0.15, 0.2) is 11.0 Å². The van der Waals surface area contributed by atoms with Gasteiger partial charge in [-0.05, 0) is 67.8 Å². The van der Waals surface area contributed by atoms with Crippen molar-refractivity contribution in [3.63, 3.8) is 0 Å². The Kier molecular flexibility index (Phi) is 6.04. The van der Waals surface area contributed by atoms with Crippen molar-refractivity contribution < 1.29 is 9.53 Å². The van der Waals surface area contributed by atoms with E-state index in [1.165, 1.54) is 16.8 Å². The molecule has 0 spiro atoms. The van der Waals surface area contributed by atoms with Crippen LogP contribution in [0.25, 0.3) is 6.08 Å². The highest BCUT2D eigenvalue weighted by molar-refractivity contribution is 8.26. The molecular formula is C24H26N6O2S. The highest BCUT2D eigenvalue weighted by Gasteiger charge is 2.37. The summed E-state index contributed by atoms with van der Waals surface area (Å²) in [6, 6.07) is 11.9. The maximum Gasteiger partial charge on any atom is 0.283 e. The Bertz CT molecular complexity index is 1180. The largest absolute Gasteiger partial charge is 0.493 e. The molecular weight excluding hydrogens is 436 g/mol. The van der Waals surface area contributed by atoms with Crippen molar-refractivity contribution in [1.29, 1.82) is 5.41 Å². The van der Waals surface area contributed by atoms with Gasteiger partial charge in [0.25, 0.3) is 5.91 Å². The number of fused-ring (bicyclic) bond motifs is 1. The number of hydrogen-bond acceptors (Lipinski definition) is 6. The van der Waals surface area contributed by atoms with Crippen LogP contribution in [0.1, 0.15) is 30.5 Å². The normalized spacial score (nSPS) is 19.2. The van der Waals surface area contributed by atoms with Gasteiger partial charge < -0.3 is 14.2 Å². The summed E-state index contributed by atoms with van der Waals surface area (Å²) in [5.41, 5.74) is 2.23. The molecule has 0 radical (unpaired) electrons. The van der Waals surface area contributed by atoms with Crippen molar-refractivity contribution in [2.45, 2.75) is 32.7 Å². The zero-order valence-electron chi connectivity index (χ0n) is 18.5. The average molecular weight is 463 g/mol. The summed E-state index contributed by atoms with van der Waals surface area (Å²) in [4.78, 5) is 19.1. The van der Waals surface area contributed by atoms with Crippen LogP contribution in [0.15, 0.2) is 58.3 Å². The molecule has 170 valence electrons. The molecule has 1 N–H and O–H groups in total. The number of rotatable bonds is 6. The Morgan fingerprint density at radius 1 is 1.15 bits per heavy atom. The summed E-state index contributed by atoms with van der Waals surface area (Å²) >= 11 is 1.37. The Balaban J connectivity index is 1.26. The lowest BCUT2D eigenvalue weighted by Gasteiger charge is -2.20. The number of carbonyl (C=O) groups excluding carboxylic acids is 1. The van der Waals surface area contributed by atoms with Crippen LogP contribution in [-0.4, -0.2) is 56.3 Å². The molecule has 1 fully saturated rings. The predicted octanol–water partition coefficient (Wildman–Crippen LogP) is 3.94. The molecule has 3 aliphatic heterocycles. The number of aromatic nitrogens is 1. The Morgan fingerprint density at radius 3 is 2.79 bits per heavy atom. The van der Waals surface area contributed by atoms with Gasteiger partial charge in [-0.3, -0.25) is 10.2 Å². The third-order valence-corrected chi connectivity index (χ3v) is 6.84. The van der Waals surface area contributed by atoms with Gasteiger partial charge in [0, 0.05) is 31.5 Å². The minimum atomic E-state index is -0.396. The van der Waals surface area contributed by atoms with Crippen LogP contribution < -0.4 is 4.74 Å². The van der Waals surface area contributed by atoms with E-state index < -0.39 is 5.91 Å². The Labute approximate surface area is 197 Å². The second-order valence-electron chi connectivity index (χ2n) is 8.19. The van der Waals surface area contributed by atoms with Gasteiger partial charge in [0.2, 0.25) is 5.17 Å². The standard InChI is InChI=1S/C24H26N6O2S/c1-17-8-2-3-10-20(17)32-15-7-14-28-13-6-9-18(28)16-19-21(25)30-23(26-22(19)31)33-24(27-30)29-11-4-5-12-29/h2-3,6,8-10,13,16,25H,4-5,7,11-12,14-15H2,1H3/b19-16-,25-21?. The maximum atomic E-state index is 12.7. The van der Waals surface area contributed by atoms with E-state index in [9.17, 15) is 4.79 Å². The molecule has 4 heterocycles. The number of aliphatic imine (C=N–C) groups is 1. The highest BCUT2D eigenvalue weighted by Crippen LogP contribution is 2.30. The second kappa shape index (κ2) is 9.27. The zero-order valence-corrected chi connectivity index (χ0v) is 19.3. The number of aryl methyl sites for hydroxylation is 2. The summed E-state index contributed by atoms with van der Waals surface area (Å²) in [6.07, 6.45) is 6.81. The number of benzene rings is 1. The van der Waals surface area contributed by atoms with E-state index in [2.05, 4.69) is 19.6 Å². The number of nitrogens with zero attached hydrogens (tertiary/aromatic N) is 5. The number of nitrogens with one attached hydrogen (secondary N) is 1. The molecule has 0 bridgehead atoms. The number of para-hydroxylation sites is 1. The number of likely N-dealkylation sites (tertiary alicyclic amines) is 1. The van der Waals surface area contributed by atoms with Crippen molar-refractivity contribution in [3.05, 3.63) is 59.4 Å². The van der Waals surface area contributed by atoms with E-state index >= 15 is 0 Å². The molecule has 5 rings (SSSR count).